The molecular weight excluding hydrogens is 472 g/mol. The van der Waals surface area contributed by atoms with E-state index in [1.807, 2.05) is 6.92 Å². The average Bonchev–Trinajstić information content (AvgIpc) is 3.37. The van der Waals surface area contributed by atoms with Crippen molar-refractivity contribution in [2.75, 3.05) is 0 Å². The van der Waals surface area contributed by atoms with Crippen LogP contribution in [0.1, 0.15) is 41.4 Å². The number of alkyl halides is 3. The molecule has 0 bridgehead atoms. The molecule has 35 heavy (non-hydrogen) atoms. The van der Waals surface area contributed by atoms with Crippen molar-refractivity contribution in [3.63, 3.8) is 0 Å². The molecule has 2 N–H and O–H groups in total. The summed E-state index contributed by atoms with van der Waals surface area (Å²) in [7, 11) is 0. The van der Waals surface area contributed by atoms with Gasteiger partial charge in [0, 0.05) is 18.5 Å². The maximum atomic E-state index is 14.3. The number of rotatable bonds is 6. The Morgan fingerprint density at radius 2 is 1.91 bits per heavy atom. The lowest BCUT2D eigenvalue weighted by Crippen LogP contribution is -2.42. The second kappa shape index (κ2) is 8.65. The fourth-order valence-corrected chi connectivity index (χ4v) is 3.47. The van der Waals surface area contributed by atoms with Crippen LogP contribution in [0.2, 0.25) is 0 Å². The van der Waals surface area contributed by atoms with Gasteiger partial charge in [-0.05, 0) is 44.0 Å². The number of nitrogens with one attached hydrogen (secondary N) is 1. The molecule has 13 heteroatoms. The molecule has 1 aromatic carbocycles. The van der Waals surface area contributed by atoms with Gasteiger partial charge in [0.15, 0.2) is 23.0 Å². The third-order valence-electron chi connectivity index (χ3n) is 5.04. The van der Waals surface area contributed by atoms with Crippen LogP contribution in [0, 0.1) is 12.7 Å². The van der Waals surface area contributed by atoms with Crippen LogP contribution < -0.4 is 10.1 Å². The van der Waals surface area contributed by atoms with Gasteiger partial charge in [0.25, 0.3) is 5.91 Å². The third kappa shape index (κ3) is 5.24. The molecule has 0 radical (unpaired) electrons. The van der Waals surface area contributed by atoms with Crippen LogP contribution >= 0.6 is 0 Å². The van der Waals surface area contributed by atoms with E-state index in [0.717, 1.165) is 23.8 Å². The minimum atomic E-state index is -5.07. The number of aromatic nitrogens is 5. The van der Waals surface area contributed by atoms with Crippen LogP contribution in [0.15, 0.2) is 49.1 Å². The fourth-order valence-electron chi connectivity index (χ4n) is 3.47. The van der Waals surface area contributed by atoms with E-state index >= 15 is 0 Å². The molecule has 4 aromatic rings. The van der Waals surface area contributed by atoms with E-state index in [4.69, 9.17) is 0 Å². The Morgan fingerprint density at radius 3 is 2.51 bits per heavy atom. The van der Waals surface area contributed by atoms with Gasteiger partial charge in [0.1, 0.15) is 5.56 Å². The predicted octanol–water partition coefficient (Wildman–Crippen LogP) is 3.50. The molecule has 4 rings (SSSR count). The molecule has 0 saturated heterocycles. The standard InChI is InChI=1S/C22H20F4N6O3/c1-12-9-27-32(11-12)17-6-7-31-19(29-17)14(10-28-31)20(33)30-18(21(2,3)34)13-4-5-16(15(23)8-13)35-22(24,25)26/h4-11,18,34H,1-3H3,(H,30,33). The van der Waals surface area contributed by atoms with Gasteiger partial charge in [-0.2, -0.15) is 10.2 Å². The minimum absolute atomic E-state index is 0.0232. The molecule has 1 atom stereocenters. The third-order valence-corrected chi connectivity index (χ3v) is 5.04. The van der Waals surface area contributed by atoms with Gasteiger partial charge in [-0.3, -0.25) is 4.79 Å². The largest absolute Gasteiger partial charge is 0.573 e. The molecule has 1 unspecified atom stereocenters. The zero-order valence-corrected chi connectivity index (χ0v) is 18.7. The lowest BCUT2D eigenvalue weighted by atomic mass is 9.91. The molecule has 0 aliphatic heterocycles. The minimum Gasteiger partial charge on any atom is -0.403 e. The number of hydrogen-bond donors (Lipinski definition) is 2. The summed E-state index contributed by atoms with van der Waals surface area (Å²) < 4.78 is 58.2. The highest BCUT2D eigenvalue weighted by molar-refractivity contribution is 6.00. The second-order valence-electron chi connectivity index (χ2n) is 8.37. The predicted molar refractivity (Wildman–Crippen MR) is 114 cm³/mol. The second-order valence-corrected chi connectivity index (χ2v) is 8.37. The first kappa shape index (κ1) is 24.1. The van der Waals surface area contributed by atoms with Crippen molar-refractivity contribution in [2.45, 2.75) is 38.8 Å². The average molecular weight is 492 g/mol. The molecule has 9 nitrogen and oxygen atoms in total. The molecule has 3 heterocycles. The Kier molecular flexibility index (Phi) is 5.97. The summed E-state index contributed by atoms with van der Waals surface area (Å²) in [5, 5.41) is 21.5. The van der Waals surface area contributed by atoms with E-state index in [2.05, 4.69) is 25.2 Å². The molecular formula is C22H20F4N6O3. The van der Waals surface area contributed by atoms with Gasteiger partial charge in [-0.1, -0.05) is 6.07 Å². The van der Waals surface area contributed by atoms with Crippen LogP contribution in [0.25, 0.3) is 11.5 Å². The number of carbonyl (C=O) groups is 1. The van der Waals surface area contributed by atoms with E-state index in [9.17, 15) is 27.5 Å². The van der Waals surface area contributed by atoms with Crippen molar-refractivity contribution in [3.05, 3.63) is 71.6 Å². The van der Waals surface area contributed by atoms with E-state index in [1.54, 1.807) is 24.7 Å². The van der Waals surface area contributed by atoms with Gasteiger partial charge < -0.3 is 15.2 Å². The summed E-state index contributed by atoms with van der Waals surface area (Å²) in [6.07, 6.45) is 1.19. The van der Waals surface area contributed by atoms with Crippen molar-refractivity contribution >= 4 is 11.6 Å². The first-order chi connectivity index (χ1) is 16.3. The Morgan fingerprint density at radius 1 is 1.17 bits per heavy atom. The summed E-state index contributed by atoms with van der Waals surface area (Å²) in [5.41, 5.74) is -0.437. The van der Waals surface area contributed by atoms with Gasteiger partial charge in [0.05, 0.1) is 24.0 Å². The smallest absolute Gasteiger partial charge is 0.403 e. The maximum absolute atomic E-state index is 14.3. The van der Waals surface area contributed by atoms with Crippen LogP contribution in [-0.4, -0.2) is 47.4 Å². The number of fused-ring (bicyclic) bond motifs is 1. The Hall–Kier alpha value is -4.00. The van der Waals surface area contributed by atoms with Crippen LogP contribution in [0.4, 0.5) is 17.6 Å². The number of nitrogens with zero attached hydrogens (tertiary/aromatic N) is 5. The van der Waals surface area contributed by atoms with Crippen molar-refractivity contribution in [2.24, 2.45) is 0 Å². The van der Waals surface area contributed by atoms with Crippen molar-refractivity contribution in [1.29, 1.82) is 0 Å². The number of benzene rings is 1. The zero-order valence-electron chi connectivity index (χ0n) is 18.7. The van der Waals surface area contributed by atoms with Crippen molar-refractivity contribution in [3.8, 4) is 11.6 Å². The summed E-state index contributed by atoms with van der Waals surface area (Å²) in [6.45, 7) is 4.59. The quantitative estimate of drug-likeness (QED) is 0.399. The molecule has 184 valence electrons. The van der Waals surface area contributed by atoms with Gasteiger partial charge >= 0.3 is 6.36 Å². The number of ether oxygens (including phenoxy) is 1. The Balaban J connectivity index is 1.65. The summed E-state index contributed by atoms with van der Waals surface area (Å²) in [6, 6.07) is 3.12. The van der Waals surface area contributed by atoms with E-state index in [1.165, 1.54) is 29.2 Å². The van der Waals surface area contributed by atoms with Gasteiger partial charge in [0.2, 0.25) is 0 Å². The summed E-state index contributed by atoms with van der Waals surface area (Å²) >= 11 is 0. The number of carbonyl (C=O) groups excluding carboxylic acids is 1. The molecule has 0 fully saturated rings. The number of aliphatic hydroxyl groups is 1. The van der Waals surface area contributed by atoms with Crippen molar-refractivity contribution in [1.82, 2.24) is 29.7 Å². The van der Waals surface area contributed by atoms with Gasteiger partial charge in [-0.25, -0.2) is 18.6 Å². The monoisotopic (exact) mass is 492 g/mol. The molecule has 3 aromatic heterocycles. The first-order valence-electron chi connectivity index (χ1n) is 10.3. The highest BCUT2D eigenvalue weighted by Crippen LogP contribution is 2.31. The first-order valence-corrected chi connectivity index (χ1v) is 10.3. The van der Waals surface area contributed by atoms with Crippen LogP contribution in [0.3, 0.4) is 0 Å². The van der Waals surface area contributed by atoms with E-state index < -0.39 is 35.5 Å². The molecule has 1 amide bonds. The SMILES string of the molecule is Cc1cnn(-c2ccn3ncc(C(=O)NC(c4ccc(OC(F)(F)F)c(F)c4)C(C)(C)O)c3n2)c1. The lowest BCUT2D eigenvalue weighted by Gasteiger charge is -2.30. The Labute approximate surface area is 196 Å². The molecule has 0 saturated carbocycles. The number of hydrogen-bond acceptors (Lipinski definition) is 6. The van der Waals surface area contributed by atoms with Crippen LogP contribution in [-0.2, 0) is 0 Å². The fraction of sp³-hybridized carbons (Fsp3) is 0.273. The van der Waals surface area contributed by atoms with Gasteiger partial charge in [-0.15, -0.1) is 13.2 Å². The highest BCUT2D eigenvalue weighted by atomic mass is 19.4. The molecule has 0 spiro atoms. The molecule has 0 aliphatic carbocycles. The normalized spacial score (nSPS) is 13.1. The zero-order chi connectivity index (χ0) is 25.5. The Bertz CT molecular complexity index is 1390. The van der Waals surface area contributed by atoms with Crippen molar-refractivity contribution < 1.29 is 32.2 Å². The van der Waals surface area contributed by atoms with E-state index in [0.29, 0.717) is 5.82 Å². The number of aryl methyl sites for hydroxylation is 1. The van der Waals surface area contributed by atoms with Crippen LogP contribution in [0.5, 0.6) is 5.75 Å². The number of amides is 1. The number of halogens is 4. The topological polar surface area (TPSA) is 107 Å². The highest BCUT2D eigenvalue weighted by Gasteiger charge is 2.34. The lowest BCUT2D eigenvalue weighted by molar-refractivity contribution is -0.275. The van der Waals surface area contributed by atoms with E-state index in [-0.39, 0.29) is 16.8 Å². The molecule has 0 aliphatic rings. The maximum Gasteiger partial charge on any atom is 0.573 e. The summed E-state index contributed by atoms with van der Waals surface area (Å²) in [5.74, 6) is -2.60. The summed E-state index contributed by atoms with van der Waals surface area (Å²) in [4.78, 5) is 17.6.